The normalized spacial score (nSPS) is 12.4. The van der Waals surface area contributed by atoms with Gasteiger partial charge in [0.15, 0.2) is 0 Å². The summed E-state index contributed by atoms with van der Waals surface area (Å²) in [5.41, 5.74) is 2.62. The van der Waals surface area contributed by atoms with Gasteiger partial charge in [-0.3, -0.25) is 0 Å². The Hall–Kier alpha value is -1.28. The Labute approximate surface area is 108 Å². The van der Waals surface area contributed by atoms with Crippen LogP contribution in [0.15, 0.2) is 41.8 Å². The molecule has 1 nitrogen and oxygen atoms in total. The fourth-order valence-corrected chi connectivity index (χ4v) is 2.41. The van der Waals surface area contributed by atoms with Crippen LogP contribution in [0.2, 0.25) is 0 Å². The summed E-state index contributed by atoms with van der Waals surface area (Å²) in [6, 6.07) is 13.1. The molecule has 0 saturated carbocycles. The average molecular weight is 245 g/mol. The number of rotatable bonds is 5. The van der Waals surface area contributed by atoms with Gasteiger partial charge >= 0.3 is 0 Å². The third kappa shape index (κ3) is 3.34. The first-order valence-corrected chi connectivity index (χ1v) is 7.03. The molecule has 1 atom stereocenters. The Bertz CT molecular complexity index is 430. The Morgan fingerprint density at radius 3 is 2.53 bits per heavy atom. The summed E-state index contributed by atoms with van der Waals surface area (Å²) in [6.45, 7) is 5.42. The van der Waals surface area contributed by atoms with E-state index in [1.165, 1.54) is 22.5 Å². The largest absolute Gasteiger partial charge is 0.380 e. The second-order valence-electron chi connectivity index (χ2n) is 4.36. The molecule has 0 aliphatic heterocycles. The van der Waals surface area contributed by atoms with Crippen molar-refractivity contribution in [2.75, 3.05) is 5.32 Å². The molecule has 1 aromatic heterocycles. The van der Waals surface area contributed by atoms with Crippen LogP contribution in [0.1, 0.15) is 36.6 Å². The van der Waals surface area contributed by atoms with E-state index in [1.807, 2.05) is 0 Å². The maximum Gasteiger partial charge on any atom is 0.0494 e. The topological polar surface area (TPSA) is 12.0 Å². The highest BCUT2D eigenvalue weighted by Gasteiger charge is 2.02. The predicted octanol–water partition coefficient (Wildman–Crippen LogP) is 4.87. The maximum absolute atomic E-state index is 3.44. The number of anilines is 1. The molecule has 2 aromatic rings. The minimum atomic E-state index is 0.654. The predicted molar refractivity (Wildman–Crippen MR) is 76.8 cm³/mol. The van der Waals surface area contributed by atoms with Crippen LogP contribution in [0, 0.1) is 0 Å². The Balaban J connectivity index is 1.94. The van der Waals surface area contributed by atoms with Gasteiger partial charge in [0.1, 0.15) is 0 Å². The SMILES string of the molecule is CCC(C)c1ccc(NCc2cccs2)cc1. The maximum atomic E-state index is 3.44. The summed E-state index contributed by atoms with van der Waals surface area (Å²) in [7, 11) is 0. The van der Waals surface area contributed by atoms with Crippen molar-refractivity contribution in [1.29, 1.82) is 0 Å². The van der Waals surface area contributed by atoms with Crippen molar-refractivity contribution >= 4 is 17.0 Å². The van der Waals surface area contributed by atoms with Crippen molar-refractivity contribution in [2.24, 2.45) is 0 Å². The molecule has 0 fully saturated rings. The fourth-order valence-electron chi connectivity index (χ4n) is 1.77. The van der Waals surface area contributed by atoms with E-state index in [1.54, 1.807) is 11.3 Å². The summed E-state index contributed by atoms with van der Waals surface area (Å²) in [5.74, 6) is 0.654. The van der Waals surface area contributed by atoms with E-state index in [-0.39, 0.29) is 0 Å². The van der Waals surface area contributed by atoms with Crippen LogP contribution in [0.5, 0.6) is 0 Å². The lowest BCUT2D eigenvalue weighted by atomic mass is 9.99. The molecule has 90 valence electrons. The third-order valence-electron chi connectivity index (χ3n) is 3.14. The van der Waals surface area contributed by atoms with Crippen LogP contribution in [-0.2, 0) is 6.54 Å². The first-order chi connectivity index (χ1) is 8.29. The zero-order chi connectivity index (χ0) is 12.1. The van der Waals surface area contributed by atoms with Crippen LogP contribution in [0.25, 0.3) is 0 Å². The van der Waals surface area contributed by atoms with Gasteiger partial charge in [-0.15, -0.1) is 11.3 Å². The van der Waals surface area contributed by atoms with Crippen molar-refractivity contribution in [2.45, 2.75) is 32.7 Å². The molecule has 1 heterocycles. The highest BCUT2D eigenvalue weighted by molar-refractivity contribution is 7.09. The van der Waals surface area contributed by atoms with Gasteiger partial charge in [-0.1, -0.05) is 32.0 Å². The molecule has 1 aromatic carbocycles. The zero-order valence-corrected chi connectivity index (χ0v) is 11.3. The van der Waals surface area contributed by atoms with Crippen molar-refractivity contribution in [3.8, 4) is 0 Å². The molecule has 17 heavy (non-hydrogen) atoms. The standard InChI is InChI=1S/C15H19NS/c1-3-12(2)13-6-8-14(9-7-13)16-11-15-5-4-10-17-15/h4-10,12,16H,3,11H2,1-2H3. The first-order valence-electron chi connectivity index (χ1n) is 6.16. The molecule has 2 heteroatoms. The van der Waals surface area contributed by atoms with Crippen LogP contribution >= 0.6 is 11.3 Å². The zero-order valence-electron chi connectivity index (χ0n) is 10.4. The van der Waals surface area contributed by atoms with E-state index in [0.29, 0.717) is 5.92 Å². The van der Waals surface area contributed by atoms with Crippen molar-refractivity contribution in [1.82, 2.24) is 0 Å². The van der Waals surface area contributed by atoms with Crippen LogP contribution < -0.4 is 5.32 Å². The number of nitrogens with one attached hydrogen (secondary N) is 1. The van der Waals surface area contributed by atoms with Gasteiger partial charge < -0.3 is 5.32 Å². The summed E-state index contributed by atoms with van der Waals surface area (Å²) in [4.78, 5) is 1.37. The van der Waals surface area contributed by atoms with Crippen molar-refractivity contribution < 1.29 is 0 Å². The van der Waals surface area contributed by atoms with Gasteiger partial charge in [-0.05, 0) is 41.5 Å². The second-order valence-corrected chi connectivity index (χ2v) is 5.40. The molecule has 1 unspecified atom stereocenters. The highest BCUT2D eigenvalue weighted by atomic mass is 32.1. The van der Waals surface area contributed by atoms with Crippen LogP contribution in [0.4, 0.5) is 5.69 Å². The Morgan fingerprint density at radius 2 is 1.94 bits per heavy atom. The highest BCUT2D eigenvalue weighted by Crippen LogP contribution is 2.21. The second kappa shape index (κ2) is 5.87. The smallest absolute Gasteiger partial charge is 0.0494 e. The van der Waals surface area contributed by atoms with Gasteiger partial charge in [-0.2, -0.15) is 0 Å². The lowest BCUT2D eigenvalue weighted by molar-refractivity contribution is 0.734. The summed E-state index contributed by atoms with van der Waals surface area (Å²) in [5, 5.41) is 5.56. The Morgan fingerprint density at radius 1 is 1.18 bits per heavy atom. The molecule has 2 rings (SSSR count). The lowest BCUT2D eigenvalue weighted by Crippen LogP contribution is -1.98. The average Bonchev–Trinajstić information content (AvgIpc) is 2.89. The first kappa shape index (κ1) is 12.2. The minimum Gasteiger partial charge on any atom is -0.380 e. The van der Waals surface area contributed by atoms with Crippen molar-refractivity contribution in [3.05, 3.63) is 52.2 Å². The molecule has 0 amide bonds. The fraction of sp³-hybridized carbons (Fsp3) is 0.333. The van der Waals surface area contributed by atoms with E-state index in [4.69, 9.17) is 0 Å². The number of hydrogen-bond acceptors (Lipinski definition) is 2. The van der Waals surface area contributed by atoms with Crippen molar-refractivity contribution in [3.63, 3.8) is 0 Å². The minimum absolute atomic E-state index is 0.654. The monoisotopic (exact) mass is 245 g/mol. The van der Waals surface area contributed by atoms with E-state index in [0.717, 1.165) is 6.54 Å². The van der Waals surface area contributed by atoms with Gasteiger partial charge in [0, 0.05) is 17.1 Å². The van der Waals surface area contributed by atoms with E-state index < -0.39 is 0 Å². The molecule has 0 spiro atoms. The molecular formula is C15H19NS. The van der Waals surface area contributed by atoms with Gasteiger partial charge in [-0.25, -0.2) is 0 Å². The summed E-state index contributed by atoms with van der Waals surface area (Å²) in [6.07, 6.45) is 1.20. The molecule has 0 saturated heterocycles. The molecule has 0 bridgehead atoms. The van der Waals surface area contributed by atoms with Crippen LogP contribution in [0.3, 0.4) is 0 Å². The van der Waals surface area contributed by atoms with E-state index in [9.17, 15) is 0 Å². The Kier molecular flexibility index (Phi) is 4.21. The third-order valence-corrected chi connectivity index (χ3v) is 4.02. The van der Waals surface area contributed by atoms with E-state index in [2.05, 4.69) is 60.9 Å². The van der Waals surface area contributed by atoms with Gasteiger partial charge in [0.25, 0.3) is 0 Å². The molecule has 0 aliphatic rings. The molecule has 0 radical (unpaired) electrons. The number of hydrogen-bond donors (Lipinski definition) is 1. The van der Waals surface area contributed by atoms with Crippen LogP contribution in [-0.4, -0.2) is 0 Å². The summed E-state index contributed by atoms with van der Waals surface area (Å²) >= 11 is 1.79. The lowest BCUT2D eigenvalue weighted by Gasteiger charge is -2.10. The molecule has 0 aliphatic carbocycles. The van der Waals surface area contributed by atoms with Gasteiger partial charge in [0.05, 0.1) is 0 Å². The van der Waals surface area contributed by atoms with Gasteiger partial charge in [0.2, 0.25) is 0 Å². The summed E-state index contributed by atoms with van der Waals surface area (Å²) < 4.78 is 0. The van der Waals surface area contributed by atoms with E-state index >= 15 is 0 Å². The number of thiophene rings is 1. The quantitative estimate of drug-likeness (QED) is 0.792. The molecule has 1 N–H and O–H groups in total. The molecular weight excluding hydrogens is 226 g/mol. The number of benzene rings is 1.